The summed E-state index contributed by atoms with van der Waals surface area (Å²) in [6, 6.07) is 6.30. The Morgan fingerprint density at radius 3 is 2.45 bits per heavy atom. The molecular formula is C15H13NO6. The topological polar surface area (TPSA) is 87.1 Å². The molecule has 0 saturated carbocycles. The minimum absolute atomic E-state index is 0.0875. The maximum atomic E-state index is 11.1. The van der Waals surface area contributed by atoms with Gasteiger partial charge in [-0.15, -0.1) is 0 Å². The number of carboxylic acid groups (broad SMARTS) is 1. The Hall–Kier alpha value is -2.96. The number of pyridine rings is 1. The molecule has 1 aromatic heterocycles. The second-order valence-corrected chi connectivity index (χ2v) is 4.46. The molecule has 1 aliphatic rings. The Balaban J connectivity index is 2.21. The van der Waals surface area contributed by atoms with Gasteiger partial charge in [0.2, 0.25) is 6.79 Å². The SMILES string of the molecule is COc1cc2c(cc1-c1nc(C(=O)O)ccc1OC)OCO2. The fourth-order valence-corrected chi connectivity index (χ4v) is 2.20. The Bertz CT molecular complexity index is 743. The van der Waals surface area contributed by atoms with Gasteiger partial charge >= 0.3 is 5.97 Å². The van der Waals surface area contributed by atoms with E-state index in [1.165, 1.54) is 20.3 Å². The van der Waals surface area contributed by atoms with Crippen LogP contribution in [0.3, 0.4) is 0 Å². The summed E-state index contributed by atoms with van der Waals surface area (Å²) in [5, 5.41) is 9.12. The van der Waals surface area contributed by atoms with E-state index in [9.17, 15) is 4.79 Å². The van der Waals surface area contributed by atoms with Gasteiger partial charge in [-0.2, -0.15) is 0 Å². The molecule has 0 aliphatic carbocycles. The van der Waals surface area contributed by atoms with Crippen molar-refractivity contribution in [2.75, 3.05) is 21.0 Å². The van der Waals surface area contributed by atoms with E-state index in [1.54, 1.807) is 18.2 Å². The zero-order valence-electron chi connectivity index (χ0n) is 12.0. The van der Waals surface area contributed by atoms with Crippen molar-refractivity contribution in [3.8, 4) is 34.3 Å². The van der Waals surface area contributed by atoms with Gasteiger partial charge in [-0.1, -0.05) is 0 Å². The van der Waals surface area contributed by atoms with Crippen LogP contribution in [0.5, 0.6) is 23.0 Å². The number of methoxy groups -OCH3 is 2. The Morgan fingerprint density at radius 1 is 1.14 bits per heavy atom. The van der Waals surface area contributed by atoms with Gasteiger partial charge in [0.05, 0.1) is 19.8 Å². The monoisotopic (exact) mass is 303 g/mol. The number of ether oxygens (including phenoxy) is 4. The van der Waals surface area contributed by atoms with Gasteiger partial charge in [0.25, 0.3) is 0 Å². The molecule has 0 spiro atoms. The first kappa shape index (κ1) is 14.0. The van der Waals surface area contributed by atoms with Crippen LogP contribution in [0, 0.1) is 0 Å². The number of fused-ring (bicyclic) bond motifs is 1. The van der Waals surface area contributed by atoms with E-state index < -0.39 is 5.97 Å². The fourth-order valence-electron chi connectivity index (χ4n) is 2.20. The van der Waals surface area contributed by atoms with Crippen molar-refractivity contribution >= 4 is 5.97 Å². The van der Waals surface area contributed by atoms with E-state index >= 15 is 0 Å². The molecule has 3 rings (SSSR count). The lowest BCUT2D eigenvalue weighted by molar-refractivity contribution is 0.0690. The van der Waals surface area contributed by atoms with Crippen LogP contribution >= 0.6 is 0 Å². The van der Waals surface area contributed by atoms with E-state index in [1.807, 2.05) is 0 Å². The molecule has 7 heteroatoms. The molecule has 0 saturated heterocycles. The van der Waals surface area contributed by atoms with Gasteiger partial charge in [-0.3, -0.25) is 0 Å². The first-order chi connectivity index (χ1) is 10.6. The summed E-state index contributed by atoms with van der Waals surface area (Å²) < 4.78 is 21.3. The highest BCUT2D eigenvalue weighted by molar-refractivity contribution is 5.87. The summed E-state index contributed by atoms with van der Waals surface area (Å²) in [7, 11) is 3.00. The zero-order chi connectivity index (χ0) is 15.7. The number of hydrogen-bond donors (Lipinski definition) is 1. The molecule has 1 aliphatic heterocycles. The smallest absolute Gasteiger partial charge is 0.354 e. The van der Waals surface area contributed by atoms with Crippen molar-refractivity contribution in [2.45, 2.75) is 0 Å². The summed E-state index contributed by atoms with van der Waals surface area (Å²) in [5.41, 5.74) is 0.833. The lowest BCUT2D eigenvalue weighted by Crippen LogP contribution is -2.03. The number of hydrogen-bond acceptors (Lipinski definition) is 6. The van der Waals surface area contributed by atoms with Crippen LogP contribution in [-0.4, -0.2) is 37.1 Å². The van der Waals surface area contributed by atoms with Gasteiger partial charge < -0.3 is 24.1 Å². The maximum Gasteiger partial charge on any atom is 0.354 e. The van der Waals surface area contributed by atoms with Crippen molar-refractivity contribution in [3.63, 3.8) is 0 Å². The number of carbonyl (C=O) groups is 1. The molecule has 1 N–H and O–H groups in total. The first-order valence-electron chi connectivity index (χ1n) is 6.40. The summed E-state index contributed by atoms with van der Waals surface area (Å²) >= 11 is 0. The molecular weight excluding hydrogens is 290 g/mol. The molecule has 0 radical (unpaired) electrons. The highest BCUT2D eigenvalue weighted by Crippen LogP contribution is 2.44. The van der Waals surface area contributed by atoms with Crippen LogP contribution in [0.25, 0.3) is 11.3 Å². The lowest BCUT2D eigenvalue weighted by Gasteiger charge is -2.13. The molecule has 2 aromatic rings. The number of carboxylic acids is 1. The van der Waals surface area contributed by atoms with Gasteiger partial charge in [0.15, 0.2) is 11.5 Å². The third kappa shape index (κ3) is 2.26. The summed E-state index contributed by atoms with van der Waals surface area (Å²) in [5.74, 6) is 0.901. The largest absolute Gasteiger partial charge is 0.496 e. The second kappa shape index (κ2) is 5.44. The number of benzene rings is 1. The van der Waals surface area contributed by atoms with Crippen LogP contribution in [0.2, 0.25) is 0 Å². The van der Waals surface area contributed by atoms with E-state index in [2.05, 4.69) is 4.98 Å². The predicted octanol–water partition coefficient (Wildman–Crippen LogP) is 2.19. The van der Waals surface area contributed by atoms with Gasteiger partial charge in [-0.05, 0) is 18.2 Å². The van der Waals surface area contributed by atoms with Crippen LogP contribution < -0.4 is 18.9 Å². The second-order valence-electron chi connectivity index (χ2n) is 4.46. The molecule has 0 fully saturated rings. The standard InChI is InChI=1S/C15H13NO6/c1-19-10-4-3-9(15(17)18)16-14(10)8-5-12-13(22-7-21-12)6-11(8)20-2/h3-6H,7H2,1-2H3,(H,17,18). The molecule has 114 valence electrons. The molecule has 2 heterocycles. The molecule has 7 nitrogen and oxygen atoms in total. The van der Waals surface area contributed by atoms with Gasteiger partial charge in [0.1, 0.15) is 22.9 Å². The average molecular weight is 303 g/mol. The zero-order valence-corrected chi connectivity index (χ0v) is 12.0. The van der Waals surface area contributed by atoms with Crippen LogP contribution in [-0.2, 0) is 0 Å². The molecule has 0 bridgehead atoms. The molecule has 0 atom stereocenters. The summed E-state index contributed by atoms with van der Waals surface area (Å²) in [4.78, 5) is 15.3. The molecule has 0 unspecified atom stereocenters. The summed E-state index contributed by atoms with van der Waals surface area (Å²) in [6.45, 7) is 0.127. The van der Waals surface area contributed by atoms with Crippen LogP contribution in [0.4, 0.5) is 0 Å². The Kier molecular flexibility index (Phi) is 3.46. The minimum atomic E-state index is -1.12. The lowest BCUT2D eigenvalue weighted by atomic mass is 10.1. The fraction of sp³-hybridized carbons (Fsp3) is 0.200. The van der Waals surface area contributed by atoms with Gasteiger partial charge in [0, 0.05) is 6.07 Å². The van der Waals surface area contributed by atoms with Gasteiger partial charge in [-0.25, -0.2) is 9.78 Å². The predicted molar refractivity (Wildman–Crippen MR) is 75.9 cm³/mol. The highest BCUT2D eigenvalue weighted by Gasteiger charge is 2.22. The maximum absolute atomic E-state index is 11.1. The first-order valence-corrected chi connectivity index (χ1v) is 6.40. The van der Waals surface area contributed by atoms with Crippen molar-refractivity contribution < 1.29 is 28.8 Å². The molecule has 0 amide bonds. The van der Waals surface area contributed by atoms with E-state index in [4.69, 9.17) is 24.1 Å². The Labute approximate surface area is 126 Å². The van der Waals surface area contributed by atoms with E-state index in [-0.39, 0.29) is 12.5 Å². The molecule has 1 aromatic carbocycles. The van der Waals surface area contributed by atoms with Crippen LogP contribution in [0.15, 0.2) is 24.3 Å². The number of rotatable bonds is 4. The summed E-state index contributed by atoms with van der Waals surface area (Å²) in [6.07, 6.45) is 0. The third-order valence-corrected chi connectivity index (χ3v) is 3.25. The van der Waals surface area contributed by atoms with E-state index in [0.717, 1.165) is 0 Å². The normalized spacial score (nSPS) is 12.1. The average Bonchev–Trinajstić information content (AvgIpc) is 3.00. The van der Waals surface area contributed by atoms with Crippen molar-refractivity contribution in [2.24, 2.45) is 0 Å². The Morgan fingerprint density at radius 2 is 1.82 bits per heavy atom. The van der Waals surface area contributed by atoms with Crippen molar-refractivity contribution in [3.05, 3.63) is 30.0 Å². The van der Waals surface area contributed by atoms with Crippen molar-refractivity contribution in [1.29, 1.82) is 0 Å². The highest BCUT2D eigenvalue weighted by atomic mass is 16.7. The quantitative estimate of drug-likeness (QED) is 0.926. The number of aromatic carboxylic acids is 1. The molecule has 22 heavy (non-hydrogen) atoms. The number of nitrogens with zero attached hydrogens (tertiary/aromatic N) is 1. The van der Waals surface area contributed by atoms with Crippen molar-refractivity contribution in [1.82, 2.24) is 4.98 Å². The number of aromatic nitrogens is 1. The van der Waals surface area contributed by atoms with E-state index in [0.29, 0.717) is 34.3 Å². The van der Waals surface area contributed by atoms with Crippen LogP contribution in [0.1, 0.15) is 10.5 Å². The third-order valence-electron chi connectivity index (χ3n) is 3.25. The minimum Gasteiger partial charge on any atom is -0.496 e.